The van der Waals surface area contributed by atoms with E-state index in [1.807, 2.05) is 0 Å². The highest BCUT2D eigenvalue weighted by atomic mass is 15.1. The summed E-state index contributed by atoms with van der Waals surface area (Å²) in [6, 6.07) is 0.416. The Balaban J connectivity index is 2.34. The smallest absolute Gasteiger partial charge is 0.0170 e. The molecule has 1 fully saturated rings. The van der Waals surface area contributed by atoms with Gasteiger partial charge >= 0.3 is 0 Å². The first-order chi connectivity index (χ1) is 4.18. The maximum Gasteiger partial charge on any atom is 0.0170 e. The number of likely N-dealkylation sites (N-methyl/N-ethyl adjacent to an activating group) is 1. The lowest BCUT2D eigenvalue weighted by Crippen LogP contribution is -2.44. The van der Waals surface area contributed by atoms with Gasteiger partial charge in [0.25, 0.3) is 0 Å². The maximum atomic E-state index is 5.77. The second-order valence-corrected chi connectivity index (χ2v) is 3.32. The minimum atomic E-state index is 0.416. The molecule has 1 heterocycles. The molecular formula is C7H16N2. The third kappa shape index (κ3) is 1.95. The lowest BCUT2D eigenvalue weighted by molar-refractivity contribution is 0.199. The van der Waals surface area contributed by atoms with Gasteiger partial charge in [0.05, 0.1) is 0 Å². The molecule has 0 radical (unpaired) electrons. The Morgan fingerprint density at radius 2 is 2.11 bits per heavy atom. The molecule has 0 spiro atoms. The zero-order valence-corrected chi connectivity index (χ0v) is 6.30. The van der Waals surface area contributed by atoms with E-state index in [1.165, 1.54) is 13.0 Å². The Kier molecular flexibility index (Phi) is 2.09. The first-order valence-corrected chi connectivity index (χ1v) is 3.62. The second-order valence-electron chi connectivity index (χ2n) is 3.32. The minimum absolute atomic E-state index is 0.416. The molecule has 0 unspecified atom stereocenters. The van der Waals surface area contributed by atoms with Crippen LogP contribution in [0.1, 0.15) is 13.3 Å². The Morgan fingerprint density at radius 1 is 1.44 bits per heavy atom. The molecule has 0 aromatic rings. The molecule has 1 rings (SSSR count). The van der Waals surface area contributed by atoms with Gasteiger partial charge in [0.1, 0.15) is 0 Å². The van der Waals surface area contributed by atoms with Gasteiger partial charge in [-0.1, -0.05) is 6.92 Å². The fourth-order valence-electron chi connectivity index (χ4n) is 1.67. The number of hydrogen-bond donors (Lipinski definition) is 1. The molecule has 0 aromatic heterocycles. The molecule has 2 nitrogen and oxygen atoms in total. The van der Waals surface area contributed by atoms with Crippen LogP contribution in [0.4, 0.5) is 0 Å². The van der Waals surface area contributed by atoms with Crippen molar-refractivity contribution in [3.63, 3.8) is 0 Å². The van der Waals surface area contributed by atoms with Crippen LogP contribution >= 0.6 is 0 Å². The Hall–Kier alpha value is -0.0800. The predicted octanol–water partition coefficient (Wildman–Crippen LogP) is 0.285. The summed E-state index contributed by atoms with van der Waals surface area (Å²) < 4.78 is 0. The quantitative estimate of drug-likeness (QED) is 0.508. The van der Waals surface area contributed by atoms with Crippen LogP contribution in [0.3, 0.4) is 0 Å². The van der Waals surface area contributed by atoms with Crippen molar-refractivity contribution in [1.82, 2.24) is 4.90 Å². The monoisotopic (exact) mass is 128 g/mol. The molecule has 0 aliphatic carbocycles. The van der Waals surface area contributed by atoms with Crippen LogP contribution in [0.15, 0.2) is 0 Å². The van der Waals surface area contributed by atoms with Crippen molar-refractivity contribution in [2.45, 2.75) is 19.4 Å². The van der Waals surface area contributed by atoms with Gasteiger partial charge in [-0.25, -0.2) is 0 Å². The SMILES string of the molecule is C[C@H]1C[C@H](N)CN(C)C1. The summed E-state index contributed by atoms with van der Waals surface area (Å²) in [6.07, 6.45) is 1.20. The van der Waals surface area contributed by atoms with E-state index in [2.05, 4.69) is 18.9 Å². The Labute approximate surface area is 57.0 Å². The summed E-state index contributed by atoms with van der Waals surface area (Å²) in [5.41, 5.74) is 5.77. The van der Waals surface area contributed by atoms with Crippen molar-refractivity contribution in [3.8, 4) is 0 Å². The van der Waals surface area contributed by atoms with Gasteiger partial charge in [0, 0.05) is 19.1 Å². The van der Waals surface area contributed by atoms with Gasteiger partial charge in [0.2, 0.25) is 0 Å². The highest BCUT2D eigenvalue weighted by molar-refractivity contribution is 4.76. The number of nitrogens with zero attached hydrogens (tertiary/aromatic N) is 1. The van der Waals surface area contributed by atoms with E-state index in [-0.39, 0.29) is 0 Å². The van der Waals surface area contributed by atoms with E-state index in [4.69, 9.17) is 5.73 Å². The molecule has 0 amide bonds. The van der Waals surface area contributed by atoms with Crippen LogP contribution in [0.25, 0.3) is 0 Å². The number of rotatable bonds is 0. The molecule has 0 aromatic carbocycles. The van der Waals surface area contributed by atoms with Gasteiger partial charge in [-0.2, -0.15) is 0 Å². The predicted molar refractivity (Wildman–Crippen MR) is 39.3 cm³/mol. The summed E-state index contributed by atoms with van der Waals surface area (Å²) in [5.74, 6) is 0.791. The summed E-state index contributed by atoms with van der Waals surface area (Å²) in [5, 5.41) is 0. The van der Waals surface area contributed by atoms with E-state index in [9.17, 15) is 0 Å². The minimum Gasteiger partial charge on any atom is -0.327 e. The van der Waals surface area contributed by atoms with Crippen LogP contribution in [0.2, 0.25) is 0 Å². The molecule has 1 aliphatic rings. The number of likely N-dealkylation sites (tertiary alicyclic amines) is 1. The normalized spacial score (nSPS) is 39.0. The van der Waals surface area contributed by atoms with E-state index < -0.39 is 0 Å². The lowest BCUT2D eigenvalue weighted by atomic mass is 9.97. The third-order valence-corrected chi connectivity index (χ3v) is 1.87. The largest absolute Gasteiger partial charge is 0.327 e. The first-order valence-electron chi connectivity index (χ1n) is 3.62. The van der Waals surface area contributed by atoms with E-state index >= 15 is 0 Å². The van der Waals surface area contributed by atoms with Crippen molar-refractivity contribution in [1.29, 1.82) is 0 Å². The molecule has 2 atom stereocenters. The van der Waals surface area contributed by atoms with Crippen molar-refractivity contribution in [2.75, 3.05) is 20.1 Å². The first kappa shape index (κ1) is 7.03. The molecule has 0 saturated carbocycles. The Bertz CT molecular complexity index is 67.9. The van der Waals surface area contributed by atoms with Crippen molar-refractivity contribution in [3.05, 3.63) is 0 Å². The summed E-state index contributed by atoms with van der Waals surface area (Å²) in [7, 11) is 2.13. The van der Waals surface area contributed by atoms with Crippen LogP contribution in [-0.4, -0.2) is 31.1 Å². The van der Waals surface area contributed by atoms with Gasteiger partial charge in [0.15, 0.2) is 0 Å². The highest BCUT2D eigenvalue weighted by Crippen LogP contribution is 2.12. The van der Waals surface area contributed by atoms with E-state index in [1.54, 1.807) is 0 Å². The molecule has 54 valence electrons. The fourth-order valence-corrected chi connectivity index (χ4v) is 1.67. The molecular weight excluding hydrogens is 112 g/mol. The summed E-state index contributed by atoms with van der Waals surface area (Å²) in [4.78, 5) is 2.30. The summed E-state index contributed by atoms with van der Waals surface area (Å²) in [6.45, 7) is 4.55. The molecule has 1 aliphatic heterocycles. The van der Waals surface area contributed by atoms with Crippen LogP contribution in [0, 0.1) is 5.92 Å². The van der Waals surface area contributed by atoms with Crippen molar-refractivity contribution in [2.24, 2.45) is 11.7 Å². The summed E-state index contributed by atoms with van der Waals surface area (Å²) >= 11 is 0. The maximum absolute atomic E-state index is 5.77. The lowest BCUT2D eigenvalue weighted by Gasteiger charge is -2.31. The second kappa shape index (κ2) is 2.67. The standard InChI is InChI=1S/C7H16N2/c1-6-3-7(8)5-9(2)4-6/h6-7H,3-5,8H2,1-2H3/t6-,7-/m0/s1. The molecule has 1 saturated heterocycles. The topological polar surface area (TPSA) is 29.3 Å². The molecule has 0 bridgehead atoms. The van der Waals surface area contributed by atoms with E-state index in [0.29, 0.717) is 6.04 Å². The van der Waals surface area contributed by atoms with Gasteiger partial charge in [-0.3, -0.25) is 0 Å². The number of hydrogen-bond acceptors (Lipinski definition) is 2. The molecule has 9 heavy (non-hydrogen) atoms. The Morgan fingerprint density at radius 3 is 2.56 bits per heavy atom. The van der Waals surface area contributed by atoms with Crippen molar-refractivity contribution < 1.29 is 0 Å². The molecule has 2 N–H and O–H groups in total. The zero-order valence-electron chi connectivity index (χ0n) is 6.30. The van der Waals surface area contributed by atoms with Gasteiger partial charge in [-0.15, -0.1) is 0 Å². The highest BCUT2D eigenvalue weighted by Gasteiger charge is 2.18. The fraction of sp³-hybridized carbons (Fsp3) is 1.00. The molecule has 2 heteroatoms. The zero-order chi connectivity index (χ0) is 6.85. The van der Waals surface area contributed by atoms with E-state index in [0.717, 1.165) is 12.5 Å². The van der Waals surface area contributed by atoms with Crippen LogP contribution < -0.4 is 5.73 Å². The van der Waals surface area contributed by atoms with Crippen LogP contribution in [0.5, 0.6) is 0 Å². The van der Waals surface area contributed by atoms with Crippen LogP contribution in [-0.2, 0) is 0 Å². The average molecular weight is 128 g/mol. The van der Waals surface area contributed by atoms with Crippen molar-refractivity contribution >= 4 is 0 Å². The van der Waals surface area contributed by atoms with Gasteiger partial charge in [-0.05, 0) is 19.4 Å². The average Bonchev–Trinajstić information content (AvgIpc) is 1.59. The van der Waals surface area contributed by atoms with Gasteiger partial charge < -0.3 is 10.6 Å². The number of nitrogens with two attached hydrogens (primary N) is 1. The number of piperidine rings is 1. The third-order valence-electron chi connectivity index (χ3n) is 1.87.